The number of hydrogen-bond donors (Lipinski definition) is 1. The topological polar surface area (TPSA) is 81.9 Å². The van der Waals surface area contributed by atoms with Gasteiger partial charge in [0.1, 0.15) is 0 Å². The molecule has 0 spiro atoms. The third-order valence-electron chi connectivity index (χ3n) is 3.29. The summed E-state index contributed by atoms with van der Waals surface area (Å²) < 4.78 is 10.9. The summed E-state index contributed by atoms with van der Waals surface area (Å²) in [6.45, 7) is 1.22. The summed E-state index contributed by atoms with van der Waals surface area (Å²) in [5.74, 6) is -0.504. The van der Waals surface area contributed by atoms with Gasteiger partial charge in [-0.3, -0.25) is 9.59 Å². The van der Waals surface area contributed by atoms with Gasteiger partial charge in [0.2, 0.25) is 0 Å². The molecule has 1 aliphatic heterocycles. The molecule has 0 radical (unpaired) electrons. The van der Waals surface area contributed by atoms with Crippen LogP contribution in [0.5, 0.6) is 0 Å². The molecule has 1 saturated heterocycles. The zero-order valence-electron chi connectivity index (χ0n) is 11.7. The number of esters is 1. The number of halogens is 1. The van der Waals surface area contributed by atoms with Crippen LogP contribution in [0.25, 0.3) is 0 Å². The Bertz CT molecular complexity index is 550. The number of rotatable bonds is 3. The molecule has 1 atom stereocenters. The van der Waals surface area contributed by atoms with Crippen molar-refractivity contribution in [2.75, 3.05) is 32.5 Å². The zero-order valence-corrected chi connectivity index (χ0v) is 13.3. The average Bonchev–Trinajstić information content (AvgIpc) is 2.47. The van der Waals surface area contributed by atoms with Crippen molar-refractivity contribution in [2.45, 2.75) is 12.5 Å². The summed E-state index contributed by atoms with van der Waals surface area (Å²) in [6.07, 6.45) is -0.206. The summed E-state index contributed by atoms with van der Waals surface area (Å²) in [5, 5.41) is 0. The molecule has 0 aliphatic carbocycles. The maximum absolute atomic E-state index is 12.5. The van der Waals surface area contributed by atoms with E-state index in [1.807, 2.05) is 0 Å². The SMILES string of the molecule is COC(=O)CC1CN(C(=O)c2ccc(Br)cc2N)CCO1. The Kier molecular flexibility index (Phi) is 5.19. The first-order valence-corrected chi connectivity index (χ1v) is 7.33. The highest BCUT2D eigenvalue weighted by Crippen LogP contribution is 2.21. The van der Waals surface area contributed by atoms with E-state index in [1.165, 1.54) is 7.11 Å². The number of ether oxygens (including phenoxy) is 2. The first-order valence-electron chi connectivity index (χ1n) is 6.54. The van der Waals surface area contributed by atoms with Gasteiger partial charge in [-0.15, -0.1) is 0 Å². The van der Waals surface area contributed by atoms with Gasteiger partial charge < -0.3 is 20.1 Å². The second kappa shape index (κ2) is 6.91. The maximum Gasteiger partial charge on any atom is 0.308 e. The number of nitrogens with zero attached hydrogens (tertiary/aromatic N) is 1. The van der Waals surface area contributed by atoms with Gasteiger partial charge in [0, 0.05) is 23.2 Å². The van der Waals surface area contributed by atoms with Crippen molar-refractivity contribution in [3.8, 4) is 0 Å². The Morgan fingerprint density at radius 2 is 2.29 bits per heavy atom. The standard InChI is InChI=1S/C14H17BrN2O4/c1-20-13(18)7-10-8-17(4-5-21-10)14(19)11-3-2-9(15)6-12(11)16/h2-3,6,10H,4-5,7-8,16H2,1H3. The van der Waals surface area contributed by atoms with E-state index in [9.17, 15) is 9.59 Å². The summed E-state index contributed by atoms with van der Waals surface area (Å²) in [4.78, 5) is 25.4. The van der Waals surface area contributed by atoms with Crippen LogP contribution in [0.4, 0.5) is 5.69 Å². The third kappa shape index (κ3) is 3.95. The van der Waals surface area contributed by atoms with Gasteiger partial charge in [0.15, 0.2) is 0 Å². The lowest BCUT2D eigenvalue weighted by atomic mass is 10.1. The third-order valence-corrected chi connectivity index (χ3v) is 3.79. The van der Waals surface area contributed by atoms with Crippen molar-refractivity contribution in [1.29, 1.82) is 0 Å². The van der Waals surface area contributed by atoms with Crippen LogP contribution in [-0.2, 0) is 14.3 Å². The van der Waals surface area contributed by atoms with Gasteiger partial charge in [-0.05, 0) is 18.2 Å². The van der Waals surface area contributed by atoms with E-state index < -0.39 is 0 Å². The summed E-state index contributed by atoms with van der Waals surface area (Å²) in [5.41, 5.74) is 6.76. The average molecular weight is 357 g/mol. The van der Waals surface area contributed by atoms with E-state index in [1.54, 1.807) is 23.1 Å². The fraction of sp³-hybridized carbons (Fsp3) is 0.429. The summed E-state index contributed by atoms with van der Waals surface area (Å²) >= 11 is 3.31. The van der Waals surface area contributed by atoms with E-state index in [0.29, 0.717) is 30.9 Å². The normalized spacial score (nSPS) is 18.4. The summed E-state index contributed by atoms with van der Waals surface area (Å²) in [7, 11) is 1.33. The molecular weight excluding hydrogens is 340 g/mol. The molecule has 1 aliphatic rings. The van der Waals surface area contributed by atoms with Crippen LogP contribution >= 0.6 is 15.9 Å². The molecule has 114 valence electrons. The molecule has 21 heavy (non-hydrogen) atoms. The molecule has 0 bridgehead atoms. The van der Waals surface area contributed by atoms with Gasteiger partial charge in [-0.1, -0.05) is 15.9 Å². The number of anilines is 1. The molecule has 1 heterocycles. The Balaban J connectivity index is 2.06. The Labute approximate surface area is 131 Å². The van der Waals surface area contributed by atoms with E-state index in [0.717, 1.165) is 4.47 Å². The van der Waals surface area contributed by atoms with Crippen molar-refractivity contribution in [3.05, 3.63) is 28.2 Å². The molecule has 1 aromatic rings. The Morgan fingerprint density at radius 3 is 2.95 bits per heavy atom. The van der Waals surface area contributed by atoms with Crippen LogP contribution in [0.3, 0.4) is 0 Å². The maximum atomic E-state index is 12.5. The number of nitrogen functional groups attached to an aromatic ring is 1. The minimum Gasteiger partial charge on any atom is -0.469 e. The molecule has 7 heteroatoms. The molecule has 1 fully saturated rings. The lowest BCUT2D eigenvalue weighted by Gasteiger charge is -2.32. The fourth-order valence-corrected chi connectivity index (χ4v) is 2.57. The molecule has 6 nitrogen and oxygen atoms in total. The van der Waals surface area contributed by atoms with Crippen molar-refractivity contribution < 1.29 is 19.1 Å². The molecule has 1 amide bonds. The first kappa shape index (κ1) is 15.8. The van der Waals surface area contributed by atoms with E-state index in [-0.39, 0.29) is 24.4 Å². The van der Waals surface area contributed by atoms with Crippen LogP contribution in [0, 0.1) is 0 Å². The number of nitrogens with two attached hydrogens (primary N) is 1. The van der Waals surface area contributed by atoms with Crippen molar-refractivity contribution in [3.63, 3.8) is 0 Å². The highest BCUT2D eigenvalue weighted by atomic mass is 79.9. The number of morpholine rings is 1. The van der Waals surface area contributed by atoms with Crippen LogP contribution in [0.2, 0.25) is 0 Å². The molecular formula is C14H17BrN2O4. The predicted molar refractivity (Wildman–Crippen MR) is 80.8 cm³/mol. The minimum absolute atomic E-state index is 0.135. The molecule has 0 saturated carbocycles. The minimum atomic E-state index is -0.350. The smallest absolute Gasteiger partial charge is 0.308 e. The van der Waals surface area contributed by atoms with Crippen LogP contribution < -0.4 is 5.73 Å². The van der Waals surface area contributed by atoms with Gasteiger partial charge in [-0.25, -0.2) is 0 Å². The van der Waals surface area contributed by atoms with E-state index >= 15 is 0 Å². The Morgan fingerprint density at radius 1 is 1.52 bits per heavy atom. The van der Waals surface area contributed by atoms with E-state index in [4.69, 9.17) is 10.5 Å². The fourth-order valence-electron chi connectivity index (χ4n) is 2.20. The second-order valence-electron chi connectivity index (χ2n) is 4.76. The van der Waals surface area contributed by atoms with Crippen molar-refractivity contribution in [1.82, 2.24) is 4.90 Å². The molecule has 2 N–H and O–H groups in total. The number of amides is 1. The predicted octanol–water partition coefficient (Wildman–Crippen LogP) is 1.44. The molecule has 1 unspecified atom stereocenters. The highest BCUT2D eigenvalue weighted by Gasteiger charge is 2.27. The largest absolute Gasteiger partial charge is 0.469 e. The van der Waals surface area contributed by atoms with Crippen LogP contribution in [0.15, 0.2) is 22.7 Å². The van der Waals surface area contributed by atoms with E-state index in [2.05, 4.69) is 20.7 Å². The number of carbonyl (C=O) groups excluding carboxylic acids is 2. The number of hydrogen-bond acceptors (Lipinski definition) is 5. The lowest BCUT2D eigenvalue weighted by molar-refractivity contribution is -0.145. The highest BCUT2D eigenvalue weighted by molar-refractivity contribution is 9.10. The van der Waals surface area contributed by atoms with Gasteiger partial charge in [-0.2, -0.15) is 0 Å². The van der Waals surface area contributed by atoms with Crippen molar-refractivity contribution in [2.24, 2.45) is 0 Å². The number of benzene rings is 1. The second-order valence-corrected chi connectivity index (χ2v) is 5.67. The van der Waals surface area contributed by atoms with Crippen LogP contribution in [-0.4, -0.2) is 49.7 Å². The zero-order chi connectivity index (χ0) is 15.4. The molecule has 2 rings (SSSR count). The first-order chi connectivity index (χ1) is 10.0. The van der Waals surface area contributed by atoms with Crippen molar-refractivity contribution >= 4 is 33.5 Å². The van der Waals surface area contributed by atoms with Crippen LogP contribution in [0.1, 0.15) is 16.8 Å². The number of carbonyl (C=O) groups is 2. The summed E-state index contributed by atoms with van der Waals surface area (Å²) in [6, 6.07) is 5.15. The van der Waals surface area contributed by atoms with Gasteiger partial charge >= 0.3 is 5.97 Å². The quantitative estimate of drug-likeness (QED) is 0.654. The molecule has 1 aromatic carbocycles. The monoisotopic (exact) mass is 356 g/mol. The Hall–Kier alpha value is -1.60. The van der Waals surface area contributed by atoms with Gasteiger partial charge in [0.25, 0.3) is 5.91 Å². The molecule has 0 aromatic heterocycles. The lowest BCUT2D eigenvalue weighted by Crippen LogP contribution is -2.46. The van der Waals surface area contributed by atoms with Gasteiger partial charge in [0.05, 0.1) is 31.8 Å². The number of methoxy groups -OCH3 is 1.